The van der Waals surface area contributed by atoms with Crippen LogP contribution in [0.25, 0.3) is 0 Å². The minimum absolute atomic E-state index is 0.0697. The molecule has 0 aliphatic carbocycles. The number of nitrogens with one attached hydrogen (secondary N) is 4. The Bertz CT molecular complexity index is 1200. The summed E-state index contributed by atoms with van der Waals surface area (Å²) in [6.07, 6.45) is 0.997. The monoisotopic (exact) mass is 545 g/mol. The zero-order valence-corrected chi connectivity index (χ0v) is 22.1. The first-order chi connectivity index (χ1) is 18.0. The maximum Gasteiger partial charge on any atom is 0.303 e. The van der Waals surface area contributed by atoms with Gasteiger partial charge in [-0.3, -0.25) is 19.8 Å². The summed E-state index contributed by atoms with van der Waals surface area (Å²) in [5.74, 6) is -2.86. The summed E-state index contributed by atoms with van der Waals surface area (Å²) in [6.45, 7) is 2.10. The first kappa shape index (κ1) is 30.5. The van der Waals surface area contributed by atoms with E-state index >= 15 is 0 Å². The molecule has 2 rings (SSSR count). The second-order valence-electron chi connectivity index (χ2n) is 8.88. The van der Waals surface area contributed by atoms with Gasteiger partial charge in [-0.25, -0.2) is 13.1 Å². The minimum atomic E-state index is -3.98. The molecule has 0 fully saturated rings. The topological polar surface area (TPSA) is 192 Å². The van der Waals surface area contributed by atoms with E-state index in [4.69, 9.17) is 16.2 Å². The van der Waals surface area contributed by atoms with E-state index < -0.39 is 46.3 Å². The Hall–Kier alpha value is -3.77. The third kappa shape index (κ3) is 10.7. The normalized spacial score (nSPS) is 12.8. The van der Waals surface area contributed by atoms with Crippen LogP contribution in [0.3, 0.4) is 0 Å². The van der Waals surface area contributed by atoms with Gasteiger partial charge in [-0.05, 0) is 24.0 Å². The van der Waals surface area contributed by atoms with Crippen molar-refractivity contribution < 1.29 is 27.9 Å². The Kier molecular flexibility index (Phi) is 11.9. The van der Waals surface area contributed by atoms with Crippen molar-refractivity contribution >= 4 is 33.6 Å². The molecular weight excluding hydrogens is 510 g/mol. The molecular formula is C26H35N5O6S. The van der Waals surface area contributed by atoms with Crippen molar-refractivity contribution in [2.45, 2.75) is 63.4 Å². The van der Waals surface area contributed by atoms with Gasteiger partial charge in [0, 0.05) is 18.5 Å². The Morgan fingerprint density at radius 3 is 2.18 bits per heavy atom. The second kappa shape index (κ2) is 14.8. The van der Waals surface area contributed by atoms with Crippen molar-refractivity contribution in [2.75, 3.05) is 0 Å². The van der Waals surface area contributed by atoms with Gasteiger partial charge in [0.25, 0.3) is 0 Å². The van der Waals surface area contributed by atoms with E-state index in [1.165, 1.54) is 0 Å². The maximum absolute atomic E-state index is 13.1. The number of carbonyl (C=O) groups is 3. The summed E-state index contributed by atoms with van der Waals surface area (Å²) in [5.41, 5.74) is 7.28. The Morgan fingerprint density at radius 1 is 0.947 bits per heavy atom. The molecule has 0 bridgehead atoms. The number of hydrogen-bond donors (Lipinski definition) is 6. The second-order valence-corrected chi connectivity index (χ2v) is 10.6. The molecule has 206 valence electrons. The number of nitrogens with two attached hydrogens (primary N) is 1. The van der Waals surface area contributed by atoms with Crippen molar-refractivity contribution in [3.63, 3.8) is 0 Å². The highest BCUT2D eigenvalue weighted by Gasteiger charge is 2.29. The lowest BCUT2D eigenvalue weighted by Gasteiger charge is -2.23. The van der Waals surface area contributed by atoms with Crippen LogP contribution in [0.4, 0.5) is 0 Å². The summed E-state index contributed by atoms with van der Waals surface area (Å²) < 4.78 is 27.8. The number of amidine groups is 1. The minimum Gasteiger partial charge on any atom is -0.481 e. The molecule has 0 aliphatic rings. The van der Waals surface area contributed by atoms with Crippen molar-refractivity contribution in [1.29, 1.82) is 5.41 Å². The molecule has 11 nitrogen and oxygen atoms in total. The quantitative estimate of drug-likeness (QED) is 0.136. The molecule has 0 radical (unpaired) electrons. The van der Waals surface area contributed by atoms with Crippen LogP contribution in [0.5, 0.6) is 0 Å². The lowest BCUT2D eigenvalue weighted by atomic mass is 10.1. The SMILES string of the molecule is CCCCC(NC(=O)C(CCC(=O)O)NS(=O)(=O)Cc1ccccc1)C(=O)NCc1ccc(C(=N)N)cc1. The van der Waals surface area contributed by atoms with E-state index in [2.05, 4.69) is 15.4 Å². The van der Waals surface area contributed by atoms with Crippen LogP contribution in [-0.2, 0) is 36.7 Å². The van der Waals surface area contributed by atoms with Gasteiger partial charge in [0.15, 0.2) is 0 Å². The number of unbranched alkanes of at least 4 members (excludes halogenated alkanes) is 1. The largest absolute Gasteiger partial charge is 0.481 e. The lowest BCUT2D eigenvalue weighted by Crippen LogP contribution is -2.53. The number of carbonyl (C=O) groups excluding carboxylic acids is 2. The molecule has 0 heterocycles. The number of nitrogen functional groups attached to an aromatic ring is 1. The van der Waals surface area contributed by atoms with Gasteiger partial charge < -0.3 is 21.5 Å². The third-order valence-electron chi connectivity index (χ3n) is 5.70. The van der Waals surface area contributed by atoms with Crippen molar-refractivity contribution in [1.82, 2.24) is 15.4 Å². The number of amides is 2. The van der Waals surface area contributed by atoms with Crippen molar-refractivity contribution in [3.05, 3.63) is 71.3 Å². The van der Waals surface area contributed by atoms with E-state index in [0.717, 1.165) is 12.0 Å². The molecule has 2 atom stereocenters. The van der Waals surface area contributed by atoms with E-state index in [-0.39, 0.29) is 24.6 Å². The Balaban J connectivity index is 2.10. The summed E-state index contributed by atoms with van der Waals surface area (Å²) in [5, 5.41) is 21.9. The zero-order valence-electron chi connectivity index (χ0n) is 21.3. The molecule has 12 heteroatoms. The summed E-state index contributed by atoms with van der Waals surface area (Å²) in [6, 6.07) is 12.8. The molecule has 0 aromatic heterocycles. The van der Waals surface area contributed by atoms with Crippen LogP contribution < -0.4 is 21.1 Å². The highest BCUT2D eigenvalue weighted by Crippen LogP contribution is 2.10. The van der Waals surface area contributed by atoms with E-state index in [1.807, 2.05) is 6.92 Å². The van der Waals surface area contributed by atoms with Crippen LogP contribution in [0.2, 0.25) is 0 Å². The number of carboxylic acid groups (broad SMARTS) is 1. The smallest absolute Gasteiger partial charge is 0.303 e. The van der Waals surface area contributed by atoms with Gasteiger partial charge in [0.05, 0.1) is 5.75 Å². The predicted molar refractivity (Wildman–Crippen MR) is 144 cm³/mol. The molecule has 7 N–H and O–H groups in total. The molecule has 2 aromatic carbocycles. The van der Waals surface area contributed by atoms with Crippen LogP contribution >= 0.6 is 0 Å². The molecule has 0 spiro atoms. The Morgan fingerprint density at radius 2 is 1.61 bits per heavy atom. The molecule has 0 aliphatic heterocycles. The molecule has 38 heavy (non-hydrogen) atoms. The van der Waals surface area contributed by atoms with E-state index in [9.17, 15) is 22.8 Å². The average molecular weight is 546 g/mol. The van der Waals surface area contributed by atoms with E-state index in [1.54, 1.807) is 54.6 Å². The van der Waals surface area contributed by atoms with Crippen molar-refractivity contribution in [3.8, 4) is 0 Å². The number of carboxylic acids is 1. The zero-order chi connectivity index (χ0) is 28.1. The van der Waals surface area contributed by atoms with Gasteiger partial charge in [0.1, 0.15) is 17.9 Å². The highest BCUT2D eigenvalue weighted by atomic mass is 32.2. The Labute approximate surface area is 222 Å². The standard InChI is InChI=1S/C26H35N5O6S/c1-2-3-9-21(25(34)29-16-18-10-12-20(13-11-18)24(27)28)30-26(35)22(14-15-23(32)33)31-38(36,37)17-19-7-5-4-6-8-19/h4-8,10-13,21-22,31H,2-3,9,14-17H2,1H3,(H3,27,28)(H,29,34)(H,30,35)(H,32,33). The van der Waals surface area contributed by atoms with Crippen LogP contribution in [-0.4, -0.2) is 49.2 Å². The van der Waals surface area contributed by atoms with Gasteiger partial charge in [-0.2, -0.15) is 0 Å². The van der Waals surface area contributed by atoms with Gasteiger partial charge in [0.2, 0.25) is 21.8 Å². The number of aliphatic carboxylic acids is 1. The number of rotatable bonds is 16. The fraction of sp³-hybridized carbons (Fsp3) is 0.385. The fourth-order valence-corrected chi connectivity index (χ4v) is 5.00. The molecule has 2 aromatic rings. The summed E-state index contributed by atoms with van der Waals surface area (Å²) >= 11 is 0. The highest BCUT2D eigenvalue weighted by molar-refractivity contribution is 7.88. The van der Waals surface area contributed by atoms with E-state index in [0.29, 0.717) is 24.0 Å². The van der Waals surface area contributed by atoms with Gasteiger partial charge in [-0.1, -0.05) is 74.4 Å². The van der Waals surface area contributed by atoms with Gasteiger partial charge >= 0.3 is 5.97 Å². The molecule has 0 saturated heterocycles. The van der Waals surface area contributed by atoms with Crippen LogP contribution in [0, 0.1) is 5.41 Å². The van der Waals surface area contributed by atoms with Gasteiger partial charge in [-0.15, -0.1) is 0 Å². The van der Waals surface area contributed by atoms with Crippen LogP contribution in [0.15, 0.2) is 54.6 Å². The number of hydrogen-bond acceptors (Lipinski definition) is 6. The fourth-order valence-electron chi connectivity index (χ4n) is 3.63. The number of sulfonamides is 1. The third-order valence-corrected chi connectivity index (χ3v) is 7.05. The van der Waals surface area contributed by atoms with Crippen LogP contribution in [0.1, 0.15) is 55.7 Å². The molecule has 2 unspecified atom stereocenters. The first-order valence-corrected chi connectivity index (χ1v) is 13.9. The number of benzene rings is 2. The lowest BCUT2D eigenvalue weighted by molar-refractivity contribution is -0.137. The first-order valence-electron chi connectivity index (χ1n) is 12.3. The maximum atomic E-state index is 13.1. The summed E-state index contributed by atoms with van der Waals surface area (Å²) in [4.78, 5) is 37.2. The average Bonchev–Trinajstić information content (AvgIpc) is 2.87. The molecule has 2 amide bonds. The molecule has 0 saturated carbocycles. The summed E-state index contributed by atoms with van der Waals surface area (Å²) in [7, 11) is -3.98. The van der Waals surface area contributed by atoms with Crippen molar-refractivity contribution in [2.24, 2.45) is 5.73 Å². The predicted octanol–water partition coefficient (Wildman–Crippen LogP) is 1.61.